The Labute approximate surface area is 139 Å². The SMILES string of the molecule is COc1ccc2cc(/C=C3\SC(=S)NC3=O)c3nnnn3c2c1. The number of carbonyl (C=O) groups excluding carboxylic acids is 1. The van der Waals surface area contributed by atoms with Crippen LogP contribution in [0, 0.1) is 0 Å². The molecule has 0 unspecified atom stereocenters. The zero-order valence-electron chi connectivity index (χ0n) is 11.8. The number of fused-ring (bicyclic) bond motifs is 3. The van der Waals surface area contributed by atoms with Gasteiger partial charge in [0.1, 0.15) is 10.1 Å². The van der Waals surface area contributed by atoms with Gasteiger partial charge in [0.05, 0.1) is 17.5 Å². The van der Waals surface area contributed by atoms with E-state index < -0.39 is 0 Å². The van der Waals surface area contributed by atoms with E-state index >= 15 is 0 Å². The molecule has 4 rings (SSSR count). The number of methoxy groups -OCH3 is 1. The first-order valence-corrected chi connectivity index (χ1v) is 7.82. The Morgan fingerprint density at radius 1 is 1.39 bits per heavy atom. The molecule has 0 bridgehead atoms. The maximum Gasteiger partial charge on any atom is 0.263 e. The van der Waals surface area contributed by atoms with Crippen molar-refractivity contribution >= 4 is 56.8 Å². The molecule has 2 aromatic heterocycles. The summed E-state index contributed by atoms with van der Waals surface area (Å²) in [4.78, 5) is 12.4. The van der Waals surface area contributed by atoms with E-state index in [1.165, 1.54) is 11.8 Å². The van der Waals surface area contributed by atoms with Gasteiger partial charge in [-0.2, -0.15) is 4.52 Å². The molecular formula is C14H9N5O2S2. The number of tetrazole rings is 1. The number of nitrogens with zero attached hydrogens (tertiary/aromatic N) is 4. The van der Waals surface area contributed by atoms with Crippen LogP contribution in [0.15, 0.2) is 29.2 Å². The van der Waals surface area contributed by atoms with Crippen molar-refractivity contribution in [3.63, 3.8) is 0 Å². The van der Waals surface area contributed by atoms with E-state index in [1.807, 2.05) is 24.3 Å². The first-order valence-electron chi connectivity index (χ1n) is 6.59. The van der Waals surface area contributed by atoms with Crippen LogP contribution in [0.1, 0.15) is 5.56 Å². The van der Waals surface area contributed by atoms with E-state index in [9.17, 15) is 4.79 Å². The Morgan fingerprint density at radius 2 is 2.26 bits per heavy atom. The molecule has 1 fully saturated rings. The molecule has 1 saturated heterocycles. The maximum atomic E-state index is 11.8. The molecular weight excluding hydrogens is 334 g/mol. The molecule has 0 radical (unpaired) electrons. The third kappa shape index (κ3) is 2.34. The van der Waals surface area contributed by atoms with Crippen molar-refractivity contribution in [1.82, 2.24) is 25.4 Å². The molecule has 114 valence electrons. The summed E-state index contributed by atoms with van der Waals surface area (Å²) < 4.78 is 7.32. The van der Waals surface area contributed by atoms with Crippen molar-refractivity contribution < 1.29 is 9.53 Å². The van der Waals surface area contributed by atoms with E-state index in [4.69, 9.17) is 17.0 Å². The summed E-state index contributed by atoms with van der Waals surface area (Å²) in [6.45, 7) is 0. The van der Waals surface area contributed by atoms with Crippen molar-refractivity contribution in [2.24, 2.45) is 0 Å². The second-order valence-corrected chi connectivity index (χ2v) is 6.51. The Bertz CT molecular complexity index is 1010. The number of thioether (sulfide) groups is 1. The van der Waals surface area contributed by atoms with Crippen LogP contribution in [0.2, 0.25) is 0 Å². The molecule has 1 aliphatic heterocycles. The van der Waals surface area contributed by atoms with Gasteiger partial charge < -0.3 is 10.1 Å². The number of hydrogen-bond acceptors (Lipinski definition) is 7. The smallest absolute Gasteiger partial charge is 0.263 e. The number of nitrogens with one attached hydrogen (secondary N) is 1. The van der Waals surface area contributed by atoms with E-state index in [-0.39, 0.29) is 5.91 Å². The average Bonchev–Trinajstić information content (AvgIpc) is 3.14. The molecule has 0 spiro atoms. The first kappa shape index (κ1) is 14.1. The number of aromatic nitrogens is 4. The van der Waals surface area contributed by atoms with Gasteiger partial charge >= 0.3 is 0 Å². The van der Waals surface area contributed by atoms with Crippen LogP contribution < -0.4 is 10.1 Å². The third-order valence-electron chi connectivity index (χ3n) is 3.43. The van der Waals surface area contributed by atoms with Crippen LogP contribution >= 0.6 is 24.0 Å². The predicted molar refractivity (Wildman–Crippen MR) is 91.1 cm³/mol. The third-order valence-corrected chi connectivity index (χ3v) is 4.60. The van der Waals surface area contributed by atoms with Gasteiger partial charge in [0, 0.05) is 17.0 Å². The van der Waals surface area contributed by atoms with Crippen molar-refractivity contribution in [3.8, 4) is 5.75 Å². The van der Waals surface area contributed by atoms with Gasteiger partial charge in [0.2, 0.25) is 0 Å². The van der Waals surface area contributed by atoms with Gasteiger partial charge in [0.15, 0.2) is 5.65 Å². The average molecular weight is 343 g/mol. The molecule has 3 aromatic rings. The lowest BCUT2D eigenvalue weighted by Gasteiger charge is -2.06. The number of benzene rings is 1. The van der Waals surface area contributed by atoms with Crippen LogP contribution in [0.5, 0.6) is 5.75 Å². The molecule has 0 saturated carbocycles. The van der Waals surface area contributed by atoms with E-state index in [2.05, 4.69) is 20.8 Å². The zero-order valence-corrected chi connectivity index (χ0v) is 13.4. The van der Waals surface area contributed by atoms with Crippen LogP contribution in [0.25, 0.3) is 22.6 Å². The lowest BCUT2D eigenvalue weighted by atomic mass is 10.1. The van der Waals surface area contributed by atoms with Crippen molar-refractivity contribution in [2.75, 3.05) is 7.11 Å². The lowest BCUT2D eigenvalue weighted by Crippen LogP contribution is -2.17. The van der Waals surface area contributed by atoms with Gasteiger partial charge in [-0.05, 0) is 34.7 Å². The first-order chi connectivity index (χ1) is 11.2. The summed E-state index contributed by atoms with van der Waals surface area (Å²) >= 11 is 6.23. The quantitative estimate of drug-likeness (QED) is 0.561. The van der Waals surface area contributed by atoms with Gasteiger partial charge in [-0.3, -0.25) is 4.79 Å². The van der Waals surface area contributed by atoms with Crippen molar-refractivity contribution in [1.29, 1.82) is 0 Å². The number of pyridine rings is 1. The summed E-state index contributed by atoms with van der Waals surface area (Å²) in [5, 5.41) is 15.3. The van der Waals surface area contributed by atoms with Crippen LogP contribution in [0.4, 0.5) is 0 Å². The zero-order chi connectivity index (χ0) is 16.0. The van der Waals surface area contributed by atoms with Gasteiger partial charge in [0.25, 0.3) is 5.91 Å². The van der Waals surface area contributed by atoms with Crippen LogP contribution in [-0.2, 0) is 4.79 Å². The minimum atomic E-state index is -0.208. The summed E-state index contributed by atoms with van der Waals surface area (Å²) in [6.07, 6.45) is 1.74. The largest absolute Gasteiger partial charge is 0.497 e. The Hall–Kier alpha value is -2.52. The molecule has 1 amide bonds. The van der Waals surface area contributed by atoms with Crippen molar-refractivity contribution in [3.05, 3.63) is 34.7 Å². The molecule has 0 atom stereocenters. The van der Waals surface area contributed by atoms with Crippen molar-refractivity contribution in [2.45, 2.75) is 0 Å². The number of rotatable bonds is 2. The maximum absolute atomic E-state index is 11.8. The molecule has 1 aliphatic rings. The monoisotopic (exact) mass is 343 g/mol. The number of carbonyl (C=O) groups is 1. The van der Waals surface area contributed by atoms with Crippen LogP contribution in [-0.4, -0.2) is 37.4 Å². The molecule has 23 heavy (non-hydrogen) atoms. The molecule has 9 heteroatoms. The van der Waals surface area contributed by atoms with Crippen LogP contribution in [0.3, 0.4) is 0 Å². The summed E-state index contributed by atoms with van der Waals surface area (Å²) in [6, 6.07) is 7.58. The standard InChI is InChI=1S/C14H9N5O2S2/c1-21-9-3-2-7-4-8(5-11-13(20)15-14(22)23-11)12-16-17-18-19(12)10(7)6-9/h2-6H,1H3,(H,15,20,22)/b11-5-. The Kier molecular flexibility index (Phi) is 3.24. The van der Waals surface area contributed by atoms with Gasteiger partial charge in [-0.25, -0.2) is 0 Å². The van der Waals surface area contributed by atoms with Gasteiger partial charge in [-0.15, -0.1) is 5.10 Å². The fourth-order valence-electron chi connectivity index (χ4n) is 2.39. The highest BCUT2D eigenvalue weighted by Crippen LogP contribution is 2.29. The lowest BCUT2D eigenvalue weighted by molar-refractivity contribution is -0.115. The van der Waals surface area contributed by atoms with E-state index in [0.717, 1.165) is 22.2 Å². The second-order valence-electron chi connectivity index (χ2n) is 4.79. The fourth-order valence-corrected chi connectivity index (χ4v) is 3.42. The Morgan fingerprint density at radius 3 is 3.00 bits per heavy atom. The molecule has 3 heterocycles. The highest BCUT2D eigenvalue weighted by Gasteiger charge is 2.23. The number of thiocarbonyl (C=S) groups is 1. The minimum Gasteiger partial charge on any atom is -0.497 e. The summed E-state index contributed by atoms with van der Waals surface area (Å²) in [5.74, 6) is 0.511. The predicted octanol–water partition coefficient (Wildman–Crippen LogP) is 1.77. The van der Waals surface area contributed by atoms with Gasteiger partial charge in [-0.1, -0.05) is 24.0 Å². The number of hydrogen-bond donors (Lipinski definition) is 1. The minimum absolute atomic E-state index is 0.208. The normalized spacial score (nSPS) is 16.5. The summed E-state index contributed by atoms with van der Waals surface area (Å²) in [7, 11) is 1.61. The number of amides is 1. The highest BCUT2D eigenvalue weighted by molar-refractivity contribution is 8.26. The Balaban J connectivity index is 1.96. The molecule has 7 nitrogen and oxygen atoms in total. The fraction of sp³-hybridized carbons (Fsp3) is 0.0714. The molecule has 1 aromatic carbocycles. The van der Waals surface area contributed by atoms with E-state index in [1.54, 1.807) is 17.7 Å². The second kappa shape index (κ2) is 5.28. The molecule has 1 N–H and O–H groups in total. The molecule has 0 aliphatic carbocycles. The topological polar surface area (TPSA) is 81.4 Å². The highest BCUT2D eigenvalue weighted by atomic mass is 32.2. The van der Waals surface area contributed by atoms with E-state index in [0.29, 0.717) is 14.9 Å². The summed E-state index contributed by atoms with van der Waals surface area (Å²) in [5.41, 5.74) is 2.13. The number of ether oxygens (including phenoxy) is 1.